The molecular formula is C10H7F5O2. The van der Waals surface area contributed by atoms with Gasteiger partial charge in [-0.25, -0.2) is 22.0 Å². The van der Waals surface area contributed by atoms with Gasteiger partial charge in [0.15, 0.2) is 11.6 Å². The average Bonchev–Trinajstić information content (AvgIpc) is 2.22. The molecule has 0 fully saturated rings. The predicted octanol–water partition coefficient (Wildman–Crippen LogP) is 2.93. The van der Waals surface area contributed by atoms with Crippen LogP contribution >= 0.6 is 0 Å². The number of carbonyl (C=O) groups is 1. The van der Waals surface area contributed by atoms with Crippen LogP contribution in [0.5, 0.6) is 0 Å². The number of rotatable bonds is 4. The Morgan fingerprint density at radius 2 is 1.71 bits per heavy atom. The van der Waals surface area contributed by atoms with Crippen LogP contribution in [0.25, 0.3) is 0 Å². The number of hydrogen-bond donors (Lipinski definition) is 1. The Morgan fingerprint density at radius 1 is 1.18 bits per heavy atom. The molecule has 1 unspecified atom stereocenters. The van der Waals surface area contributed by atoms with E-state index in [9.17, 15) is 26.7 Å². The van der Waals surface area contributed by atoms with Crippen molar-refractivity contribution in [3.63, 3.8) is 0 Å². The summed E-state index contributed by atoms with van der Waals surface area (Å²) in [5, 5.41) is 8.37. The lowest BCUT2D eigenvalue weighted by Crippen LogP contribution is -2.18. The molecule has 2 nitrogen and oxygen atoms in total. The topological polar surface area (TPSA) is 37.3 Å². The molecule has 17 heavy (non-hydrogen) atoms. The van der Waals surface area contributed by atoms with Gasteiger partial charge in [-0.05, 0) is 12.1 Å². The Kier molecular flexibility index (Phi) is 4.03. The van der Waals surface area contributed by atoms with Crippen LogP contribution in [-0.2, 0) is 4.79 Å². The lowest BCUT2D eigenvalue weighted by atomic mass is 9.95. The van der Waals surface area contributed by atoms with Gasteiger partial charge in [-0.2, -0.15) is 0 Å². The molecule has 0 radical (unpaired) electrons. The summed E-state index contributed by atoms with van der Waals surface area (Å²) in [6.45, 7) is 0. The summed E-state index contributed by atoms with van der Waals surface area (Å²) < 4.78 is 64.2. The molecule has 1 aromatic carbocycles. The number of benzene rings is 1. The van der Waals surface area contributed by atoms with Gasteiger partial charge in [-0.15, -0.1) is 0 Å². The van der Waals surface area contributed by atoms with Gasteiger partial charge >= 0.3 is 5.97 Å². The van der Waals surface area contributed by atoms with Crippen LogP contribution in [0.15, 0.2) is 12.1 Å². The van der Waals surface area contributed by atoms with Crippen LogP contribution in [0.4, 0.5) is 22.0 Å². The van der Waals surface area contributed by atoms with Crippen molar-refractivity contribution in [1.82, 2.24) is 0 Å². The number of aliphatic carboxylic acids is 1. The molecule has 1 atom stereocenters. The third-order valence-electron chi connectivity index (χ3n) is 2.15. The Hall–Kier alpha value is -1.66. The summed E-state index contributed by atoms with van der Waals surface area (Å²) in [5.41, 5.74) is -1.23. The maximum absolute atomic E-state index is 13.2. The highest BCUT2D eigenvalue weighted by Gasteiger charge is 2.31. The lowest BCUT2D eigenvalue weighted by Gasteiger charge is -2.16. The van der Waals surface area contributed by atoms with Crippen molar-refractivity contribution in [1.29, 1.82) is 0 Å². The van der Waals surface area contributed by atoms with Crippen molar-refractivity contribution in [2.75, 3.05) is 0 Å². The highest BCUT2D eigenvalue weighted by molar-refractivity contribution is 5.68. The van der Waals surface area contributed by atoms with Gasteiger partial charge < -0.3 is 5.11 Å². The fraction of sp³-hybridized carbons (Fsp3) is 0.300. The number of halogens is 5. The SMILES string of the molecule is O=C(O)CC(c1c(F)ccc(F)c1F)C(F)F. The van der Waals surface area contributed by atoms with Crippen molar-refractivity contribution in [2.24, 2.45) is 0 Å². The molecule has 0 saturated heterocycles. The quantitative estimate of drug-likeness (QED) is 0.662. The first-order valence-electron chi connectivity index (χ1n) is 4.48. The number of hydrogen-bond acceptors (Lipinski definition) is 1. The number of carboxylic acids is 1. The maximum Gasteiger partial charge on any atom is 0.304 e. The molecule has 7 heteroatoms. The lowest BCUT2D eigenvalue weighted by molar-refractivity contribution is -0.138. The number of carboxylic acid groups (broad SMARTS) is 1. The van der Waals surface area contributed by atoms with E-state index in [1.807, 2.05) is 0 Å². The summed E-state index contributed by atoms with van der Waals surface area (Å²) in [5.74, 6) is -8.55. The molecule has 0 spiro atoms. The summed E-state index contributed by atoms with van der Waals surface area (Å²) in [4.78, 5) is 10.3. The molecule has 0 aliphatic rings. The van der Waals surface area contributed by atoms with Crippen LogP contribution in [0.2, 0.25) is 0 Å². The molecule has 1 aromatic rings. The van der Waals surface area contributed by atoms with Crippen molar-refractivity contribution in [2.45, 2.75) is 18.8 Å². The second-order valence-electron chi connectivity index (χ2n) is 3.30. The fourth-order valence-electron chi connectivity index (χ4n) is 1.39. The first-order chi connectivity index (χ1) is 7.84. The molecule has 0 bridgehead atoms. The number of alkyl halides is 2. The molecule has 1 rings (SSSR count). The van der Waals surface area contributed by atoms with E-state index in [1.54, 1.807) is 0 Å². The van der Waals surface area contributed by atoms with E-state index in [2.05, 4.69) is 0 Å². The molecule has 1 N–H and O–H groups in total. The second-order valence-corrected chi connectivity index (χ2v) is 3.30. The average molecular weight is 254 g/mol. The molecule has 0 aromatic heterocycles. The van der Waals surface area contributed by atoms with Crippen molar-refractivity contribution in [3.05, 3.63) is 35.1 Å². The van der Waals surface area contributed by atoms with E-state index < -0.39 is 47.7 Å². The minimum absolute atomic E-state index is 0.442. The van der Waals surface area contributed by atoms with Crippen LogP contribution in [-0.4, -0.2) is 17.5 Å². The van der Waals surface area contributed by atoms with E-state index in [0.717, 1.165) is 0 Å². The largest absolute Gasteiger partial charge is 0.481 e. The highest BCUT2D eigenvalue weighted by Crippen LogP contribution is 2.31. The highest BCUT2D eigenvalue weighted by atomic mass is 19.3. The van der Waals surface area contributed by atoms with Gasteiger partial charge in [0.25, 0.3) is 0 Å². The van der Waals surface area contributed by atoms with Gasteiger partial charge in [0.1, 0.15) is 5.82 Å². The zero-order chi connectivity index (χ0) is 13.2. The Morgan fingerprint density at radius 3 is 2.18 bits per heavy atom. The predicted molar refractivity (Wildman–Crippen MR) is 47.3 cm³/mol. The van der Waals surface area contributed by atoms with Crippen molar-refractivity contribution in [3.8, 4) is 0 Å². The normalized spacial score (nSPS) is 12.8. The molecule has 0 aliphatic heterocycles. The Labute approximate surface area is 92.7 Å². The zero-order valence-corrected chi connectivity index (χ0v) is 8.26. The zero-order valence-electron chi connectivity index (χ0n) is 8.26. The van der Waals surface area contributed by atoms with E-state index in [1.165, 1.54) is 0 Å². The molecular weight excluding hydrogens is 247 g/mol. The molecule has 0 saturated carbocycles. The Balaban J connectivity index is 3.27. The van der Waals surface area contributed by atoms with Crippen LogP contribution < -0.4 is 0 Å². The van der Waals surface area contributed by atoms with Crippen molar-refractivity contribution >= 4 is 5.97 Å². The summed E-state index contributed by atoms with van der Waals surface area (Å²) in [6.07, 6.45) is -4.49. The van der Waals surface area contributed by atoms with Gasteiger partial charge in [0, 0.05) is 5.56 Å². The standard InChI is InChI=1S/C10H7F5O2/c11-5-1-2-6(12)9(13)8(5)4(10(14)15)3-7(16)17/h1-2,4,10H,3H2,(H,16,17). The summed E-state index contributed by atoms with van der Waals surface area (Å²) >= 11 is 0. The monoisotopic (exact) mass is 254 g/mol. The first kappa shape index (κ1) is 13.4. The molecule has 0 heterocycles. The minimum atomic E-state index is -3.31. The smallest absolute Gasteiger partial charge is 0.304 e. The fourth-order valence-corrected chi connectivity index (χ4v) is 1.39. The molecule has 0 aliphatic carbocycles. The van der Waals surface area contributed by atoms with E-state index in [0.29, 0.717) is 12.1 Å². The molecule has 0 amide bonds. The van der Waals surface area contributed by atoms with Gasteiger partial charge in [0.05, 0.1) is 12.3 Å². The van der Waals surface area contributed by atoms with Crippen molar-refractivity contribution < 1.29 is 31.9 Å². The van der Waals surface area contributed by atoms with Crippen LogP contribution in [0, 0.1) is 17.5 Å². The van der Waals surface area contributed by atoms with Crippen LogP contribution in [0.3, 0.4) is 0 Å². The van der Waals surface area contributed by atoms with Gasteiger partial charge in [0.2, 0.25) is 6.43 Å². The van der Waals surface area contributed by atoms with E-state index in [4.69, 9.17) is 5.11 Å². The third-order valence-corrected chi connectivity index (χ3v) is 2.15. The van der Waals surface area contributed by atoms with E-state index >= 15 is 0 Å². The Bertz CT molecular complexity index is 433. The van der Waals surface area contributed by atoms with Gasteiger partial charge in [-0.1, -0.05) is 0 Å². The first-order valence-corrected chi connectivity index (χ1v) is 4.48. The molecule has 94 valence electrons. The summed E-state index contributed by atoms with van der Waals surface area (Å²) in [6, 6.07) is 0.919. The van der Waals surface area contributed by atoms with Crippen LogP contribution in [0.1, 0.15) is 17.9 Å². The second kappa shape index (κ2) is 5.11. The van der Waals surface area contributed by atoms with Gasteiger partial charge in [-0.3, -0.25) is 4.79 Å². The van der Waals surface area contributed by atoms with E-state index in [-0.39, 0.29) is 0 Å². The summed E-state index contributed by atoms with van der Waals surface area (Å²) in [7, 11) is 0. The third kappa shape index (κ3) is 2.92. The minimum Gasteiger partial charge on any atom is -0.481 e. The maximum atomic E-state index is 13.2.